The van der Waals surface area contributed by atoms with E-state index in [9.17, 15) is 22.8 Å². The Kier molecular flexibility index (Phi) is 6.15. The quantitative estimate of drug-likeness (QED) is 0.219. The normalized spacial score (nSPS) is 11.3. The summed E-state index contributed by atoms with van der Waals surface area (Å²) in [6.45, 7) is 4.72. The number of esters is 1. The van der Waals surface area contributed by atoms with Crippen LogP contribution in [0.5, 0.6) is 0 Å². The zero-order chi connectivity index (χ0) is 16.9. The van der Waals surface area contributed by atoms with Gasteiger partial charge in [-0.1, -0.05) is 0 Å². The Morgan fingerprint density at radius 3 is 2.41 bits per heavy atom. The van der Waals surface area contributed by atoms with Crippen LogP contribution in [-0.2, 0) is 9.53 Å². The van der Waals surface area contributed by atoms with E-state index >= 15 is 0 Å². The van der Waals surface area contributed by atoms with Gasteiger partial charge in [0.2, 0.25) is 5.78 Å². The van der Waals surface area contributed by atoms with E-state index in [0.29, 0.717) is 6.54 Å². The maximum Gasteiger partial charge on any atom is 0.343 e. The first kappa shape index (κ1) is 17.7. The molecule has 0 amide bonds. The lowest BCUT2D eigenvalue weighted by molar-refractivity contribution is -0.138. The van der Waals surface area contributed by atoms with Crippen LogP contribution in [0, 0.1) is 24.4 Å². The predicted molar refractivity (Wildman–Crippen MR) is 73.8 cm³/mol. The second kappa shape index (κ2) is 7.63. The summed E-state index contributed by atoms with van der Waals surface area (Å²) in [5.74, 6) is -6.03. The molecule has 0 heterocycles. The van der Waals surface area contributed by atoms with Crippen molar-refractivity contribution in [1.29, 1.82) is 0 Å². The molecule has 1 rings (SSSR count). The zero-order valence-corrected chi connectivity index (χ0v) is 12.4. The number of ketones is 1. The molecule has 7 heteroatoms. The first-order valence-corrected chi connectivity index (χ1v) is 6.64. The van der Waals surface area contributed by atoms with Gasteiger partial charge in [-0.05, 0) is 20.8 Å². The van der Waals surface area contributed by atoms with E-state index in [1.165, 1.54) is 6.92 Å². The zero-order valence-electron chi connectivity index (χ0n) is 12.4. The van der Waals surface area contributed by atoms with Gasteiger partial charge in [-0.3, -0.25) is 4.79 Å². The third-order valence-electron chi connectivity index (χ3n) is 2.82. The van der Waals surface area contributed by atoms with Crippen molar-refractivity contribution in [2.45, 2.75) is 20.8 Å². The lowest BCUT2D eigenvalue weighted by atomic mass is 9.98. The second-order valence-electron chi connectivity index (χ2n) is 4.32. The van der Waals surface area contributed by atoms with E-state index < -0.39 is 45.9 Å². The number of hydrogen-bond acceptors (Lipinski definition) is 4. The van der Waals surface area contributed by atoms with Gasteiger partial charge in [-0.15, -0.1) is 0 Å². The Labute approximate surface area is 126 Å². The van der Waals surface area contributed by atoms with Crippen LogP contribution in [0.1, 0.15) is 29.8 Å². The minimum absolute atomic E-state index is 0.00875. The molecule has 1 aromatic carbocycles. The fourth-order valence-corrected chi connectivity index (χ4v) is 1.76. The molecule has 0 saturated heterocycles. The summed E-state index contributed by atoms with van der Waals surface area (Å²) >= 11 is 0. The van der Waals surface area contributed by atoms with Gasteiger partial charge in [0.05, 0.1) is 12.2 Å². The number of ether oxygens (including phenoxy) is 1. The van der Waals surface area contributed by atoms with Crippen molar-refractivity contribution in [3.63, 3.8) is 0 Å². The van der Waals surface area contributed by atoms with Crippen LogP contribution >= 0.6 is 0 Å². The number of benzene rings is 1. The molecule has 22 heavy (non-hydrogen) atoms. The molecule has 1 N–H and O–H groups in total. The fourth-order valence-electron chi connectivity index (χ4n) is 1.76. The number of Topliss-reactive ketones (excluding diaryl/α,β-unsaturated/α-hetero) is 1. The topological polar surface area (TPSA) is 55.4 Å². The SMILES string of the molecule is CCNC=C(C(=O)OCC)C(=O)c1c(F)cc(F)c(F)c1C. The van der Waals surface area contributed by atoms with E-state index in [1.807, 2.05) is 0 Å². The number of carbonyl (C=O) groups excluding carboxylic acids is 2. The molecular formula is C15H16F3NO3. The van der Waals surface area contributed by atoms with Gasteiger partial charge in [0.15, 0.2) is 11.6 Å². The van der Waals surface area contributed by atoms with Gasteiger partial charge in [0, 0.05) is 24.4 Å². The molecule has 4 nitrogen and oxygen atoms in total. The van der Waals surface area contributed by atoms with E-state index in [2.05, 4.69) is 5.32 Å². The first-order valence-electron chi connectivity index (χ1n) is 6.64. The summed E-state index contributed by atoms with van der Waals surface area (Å²) in [7, 11) is 0. The van der Waals surface area contributed by atoms with Crippen LogP contribution in [0.4, 0.5) is 13.2 Å². The molecule has 0 radical (unpaired) electrons. The maximum atomic E-state index is 13.8. The minimum atomic E-state index is -1.40. The van der Waals surface area contributed by atoms with Gasteiger partial charge >= 0.3 is 5.97 Å². The Bertz CT molecular complexity index is 627. The lowest BCUT2D eigenvalue weighted by Crippen LogP contribution is -2.21. The molecule has 0 aliphatic carbocycles. The summed E-state index contributed by atoms with van der Waals surface area (Å²) in [5, 5.41) is 2.63. The average Bonchev–Trinajstić information content (AvgIpc) is 2.45. The Balaban J connectivity index is 3.37. The summed E-state index contributed by atoms with van der Waals surface area (Å²) < 4.78 is 45.2. The van der Waals surface area contributed by atoms with E-state index in [1.54, 1.807) is 6.92 Å². The number of halogens is 3. The first-order chi connectivity index (χ1) is 10.3. The summed E-state index contributed by atoms with van der Waals surface area (Å²) in [5.41, 5.74) is -1.69. The van der Waals surface area contributed by atoms with Crippen molar-refractivity contribution in [3.05, 3.63) is 46.4 Å². The van der Waals surface area contributed by atoms with Gasteiger partial charge < -0.3 is 10.1 Å². The van der Waals surface area contributed by atoms with Crippen LogP contribution in [0.2, 0.25) is 0 Å². The van der Waals surface area contributed by atoms with Crippen molar-refractivity contribution < 1.29 is 27.5 Å². The van der Waals surface area contributed by atoms with E-state index in [-0.39, 0.29) is 12.7 Å². The average molecular weight is 315 g/mol. The molecule has 0 unspecified atom stereocenters. The van der Waals surface area contributed by atoms with Crippen molar-refractivity contribution in [2.24, 2.45) is 0 Å². The smallest absolute Gasteiger partial charge is 0.343 e. The highest BCUT2D eigenvalue weighted by atomic mass is 19.2. The van der Waals surface area contributed by atoms with Crippen molar-refractivity contribution in [2.75, 3.05) is 13.2 Å². The van der Waals surface area contributed by atoms with Crippen molar-refractivity contribution in [1.82, 2.24) is 5.32 Å². The van der Waals surface area contributed by atoms with Crippen LogP contribution in [0.15, 0.2) is 17.8 Å². The monoisotopic (exact) mass is 315 g/mol. The molecule has 1 aromatic rings. The highest BCUT2D eigenvalue weighted by Crippen LogP contribution is 2.23. The second-order valence-corrected chi connectivity index (χ2v) is 4.32. The lowest BCUT2D eigenvalue weighted by Gasteiger charge is -2.11. The Morgan fingerprint density at radius 2 is 1.86 bits per heavy atom. The highest BCUT2D eigenvalue weighted by molar-refractivity contribution is 6.24. The third-order valence-corrected chi connectivity index (χ3v) is 2.82. The summed E-state index contributed by atoms with van der Waals surface area (Å²) in [6.07, 6.45) is 1.07. The maximum absolute atomic E-state index is 13.8. The number of carbonyl (C=O) groups is 2. The highest BCUT2D eigenvalue weighted by Gasteiger charge is 2.28. The third kappa shape index (κ3) is 3.66. The molecule has 0 saturated carbocycles. The molecule has 0 fully saturated rings. The largest absolute Gasteiger partial charge is 0.462 e. The Hall–Kier alpha value is -2.31. The van der Waals surface area contributed by atoms with Crippen molar-refractivity contribution >= 4 is 11.8 Å². The van der Waals surface area contributed by atoms with Crippen LogP contribution in [0.25, 0.3) is 0 Å². The molecule has 120 valence electrons. The molecular weight excluding hydrogens is 299 g/mol. The van der Waals surface area contributed by atoms with Crippen molar-refractivity contribution in [3.8, 4) is 0 Å². The van der Waals surface area contributed by atoms with Crippen LogP contribution < -0.4 is 5.32 Å². The van der Waals surface area contributed by atoms with Crippen LogP contribution in [-0.4, -0.2) is 24.9 Å². The summed E-state index contributed by atoms with van der Waals surface area (Å²) in [6, 6.07) is 0.269. The number of nitrogens with one attached hydrogen (secondary N) is 1. The molecule has 0 aromatic heterocycles. The van der Waals surface area contributed by atoms with Gasteiger partial charge in [0.1, 0.15) is 11.4 Å². The molecule has 0 bridgehead atoms. The van der Waals surface area contributed by atoms with E-state index in [0.717, 1.165) is 13.1 Å². The number of hydrogen-bond donors (Lipinski definition) is 1. The minimum Gasteiger partial charge on any atom is -0.462 e. The molecule has 0 aliphatic heterocycles. The van der Waals surface area contributed by atoms with Crippen LogP contribution in [0.3, 0.4) is 0 Å². The van der Waals surface area contributed by atoms with Gasteiger partial charge in [-0.2, -0.15) is 0 Å². The van der Waals surface area contributed by atoms with Gasteiger partial charge in [0.25, 0.3) is 0 Å². The predicted octanol–water partition coefficient (Wildman–Crippen LogP) is 2.65. The summed E-state index contributed by atoms with van der Waals surface area (Å²) in [4.78, 5) is 24.1. The molecule has 0 spiro atoms. The van der Waals surface area contributed by atoms with Gasteiger partial charge in [-0.25, -0.2) is 18.0 Å². The Morgan fingerprint density at radius 1 is 1.23 bits per heavy atom. The standard InChI is InChI=1S/C15H16F3NO3/c1-4-19-7-9(15(21)22-5-2)14(20)12-8(3)13(18)11(17)6-10(12)16/h6-7,19H,4-5H2,1-3H3. The fraction of sp³-hybridized carbons (Fsp3) is 0.333. The number of rotatable bonds is 6. The molecule has 0 aliphatic rings. The van der Waals surface area contributed by atoms with E-state index in [4.69, 9.17) is 4.74 Å². The molecule has 0 atom stereocenters.